The molecule has 15 heavy (non-hydrogen) atoms. The van der Waals surface area contributed by atoms with Crippen molar-refractivity contribution >= 4 is 34.1 Å². The summed E-state index contributed by atoms with van der Waals surface area (Å²) in [5.74, 6) is 0. The zero-order valence-electron chi connectivity index (χ0n) is 8.06. The minimum absolute atomic E-state index is 0.762. The molecule has 0 saturated heterocycles. The Balaban J connectivity index is 2.39. The Kier molecular flexibility index (Phi) is 2.16. The van der Waals surface area contributed by atoms with E-state index >= 15 is 0 Å². The number of rotatable bonds is 0. The monoisotopic (exact) mass is 240 g/mol. The zero-order valence-corrected chi connectivity index (χ0v) is 9.57. The second kappa shape index (κ2) is 3.41. The molecule has 1 N–H and O–H groups in total. The summed E-state index contributed by atoms with van der Waals surface area (Å²) < 4.78 is 2.25. The minimum Gasteiger partial charge on any atom is -0.341 e. The highest BCUT2D eigenvalue weighted by molar-refractivity contribution is 6.37. The van der Waals surface area contributed by atoms with Crippen molar-refractivity contribution in [1.29, 1.82) is 0 Å². The molecule has 1 aliphatic rings. The zero-order chi connectivity index (χ0) is 10.4. The Morgan fingerprint density at radius 3 is 3.00 bits per heavy atom. The molecule has 78 valence electrons. The molecule has 2 heterocycles. The maximum Gasteiger partial charge on any atom is 0.0707 e. The summed E-state index contributed by atoms with van der Waals surface area (Å²) in [6.07, 6.45) is 0. The SMILES string of the molecule is Clc1ccc2c(Cl)c3n(c2c1)CCNC3. The maximum absolute atomic E-state index is 6.32. The van der Waals surface area contributed by atoms with E-state index in [-0.39, 0.29) is 0 Å². The van der Waals surface area contributed by atoms with Crippen LogP contribution in [0.2, 0.25) is 10.0 Å². The van der Waals surface area contributed by atoms with Crippen molar-refractivity contribution in [2.45, 2.75) is 13.1 Å². The lowest BCUT2D eigenvalue weighted by atomic mass is 10.2. The van der Waals surface area contributed by atoms with Crippen molar-refractivity contribution in [1.82, 2.24) is 9.88 Å². The summed E-state index contributed by atoms with van der Waals surface area (Å²) in [5, 5.41) is 6.03. The van der Waals surface area contributed by atoms with Gasteiger partial charge in [-0.15, -0.1) is 0 Å². The average Bonchev–Trinajstić information content (AvgIpc) is 2.54. The first kappa shape index (κ1) is 9.52. The van der Waals surface area contributed by atoms with Gasteiger partial charge in [0.15, 0.2) is 0 Å². The fourth-order valence-corrected chi connectivity index (χ4v) is 2.65. The van der Waals surface area contributed by atoms with Crippen LogP contribution in [-0.2, 0) is 13.1 Å². The van der Waals surface area contributed by atoms with Crippen molar-refractivity contribution in [2.24, 2.45) is 0 Å². The van der Waals surface area contributed by atoms with E-state index in [0.717, 1.165) is 40.6 Å². The predicted octanol–water partition coefficient (Wildman–Crippen LogP) is 3.05. The highest BCUT2D eigenvalue weighted by Crippen LogP contribution is 2.33. The van der Waals surface area contributed by atoms with Gasteiger partial charge in [0.05, 0.1) is 16.2 Å². The van der Waals surface area contributed by atoms with Crippen molar-refractivity contribution in [2.75, 3.05) is 6.54 Å². The third-order valence-electron chi connectivity index (χ3n) is 2.87. The van der Waals surface area contributed by atoms with Gasteiger partial charge in [0.2, 0.25) is 0 Å². The first-order chi connectivity index (χ1) is 7.27. The molecule has 1 aromatic carbocycles. The van der Waals surface area contributed by atoms with Crippen molar-refractivity contribution in [3.63, 3.8) is 0 Å². The van der Waals surface area contributed by atoms with E-state index in [1.807, 2.05) is 18.2 Å². The van der Waals surface area contributed by atoms with Crippen molar-refractivity contribution in [3.8, 4) is 0 Å². The number of hydrogen-bond donors (Lipinski definition) is 1. The van der Waals surface area contributed by atoms with Crippen LogP contribution < -0.4 is 5.32 Å². The Morgan fingerprint density at radius 2 is 2.13 bits per heavy atom. The van der Waals surface area contributed by atoms with E-state index < -0.39 is 0 Å². The molecule has 0 radical (unpaired) electrons. The molecular weight excluding hydrogens is 231 g/mol. The summed E-state index contributed by atoms with van der Waals surface area (Å²) in [5.41, 5.74) is 2.31. The molecule has 2 aromatic rings. The van der Waals surface area contributed by atoms with Crippen LogP contribution in [0.1, 0.15) is 5.69 Å². The molecular formula is C11H10Cl2N2. The molecule has 2 nitrogen and oxygen atoms in total. The van der Waals surface area contributed by atoms with Gasteiger partial charge in [0.25, 0.3) is 0 Å². The summed E-state index contributed by atoms with van der Waals surface area (Å²) in [6.45, 7) is 2.78. The molecule has 3 rings (SSSR count). The standard InChI is InChI=1S/C11H10Cl2N2/c12-7-1-2-8-9(5-7)15-4-3-14-6-10(15)11(8)13/h1-2,5,14H,3-4,6H2. The van der Waals surface area contributed by atoms with Gasteiger partial charge in [-0.1, -0.05) is 23.2 Å². The molecule has 0 spiro atoms. The highest BCUT2D eigenvalue weighted by Gasteiger charge is 2.17. The van der Waals surface area contributed by atoms with E-state index in [1.54, 1.807) is 0 Å². The largest absolute Gasteiger partial charge is 0.341 e. The minimum atomic E-state index is 0.762. The van der Waals surface area contributed by atoms with E-state index in [9.17, 15) is 0 Å². The molecule has 0 unspecified atom stereocenters. The second-order valence-electron chi connectivity index (χ2n) is 3.75. The molecule has 0 fully saturated rings. The smallest absolute Gasteiger partial charge is 0.0707 e. The molecule has 4 heteroatoms. The van der Waals surface area contributed by atoms with E-state index in [1.165, 1.54) is 5.69 Å². The van der Waals surface area contributed by atoms with Crippen LogP contribution in [-0.4, -0.2) is 11.1 Å². The van der Waals surface area contributed by atoms with Gasteiger partial charge in [0.1, 0.15) is 0 Å². The van der Waals surface area contributed by atoms with Crippen LogP contribution >= 0.6 is 23.2 Å². The summed E-state index contributed by atoms with van der Waals surface area (Å²) in [7, 11) is 0. The fraction of sp³-hybridized carbons (Fsp3) is 0.273. The summed E-state index contributed by atoms with van der Waals surface area (Å²) in [6, 6.07) is 5.86. The number of benzene rings is 1. The van der Waals surface area contributed by atoms with Gasteiger partial charge in [-0.25, -0.2) is 0 Å². The van der Waals surface area contributed by atoms with E-state index in [2.05, 4.69) is 9.88 Å². The van der Waals surface area contributed by atoms with Gasteiger partial charge in [-0.3, -0.25) is 0 Å². The normalized spacial score (nSPS) is 15.6. The van der Waals surface area contributed by atoms with E-state index in [0.29, 0.717) is 0 Å². The van der Waals surface area contributed by atoms with Gasteiger partial charge < -0.3 is 9.88 Å². The first-order valence-electron chi connectivity index (χ1n) is 4.94. The molecule has 0 bridgehead atoms. The van der Waals surface area contributed by atoms with Crippen molar-refractivity contribution in [3.05, 3.63) is 33.9 Å². The maximum atomic E-state index is 6.32. The van der Waals surface area contributed by atoms with Crippen LogP contribution in [0.5, 0.6) is 0 Å². The first-order valence-corrected chi connectivity index (χ1v) is 5.70. The third-order valence-corrected chi connectivity index (χ3v) is 3.53. The van der Waals surface area contributed by atoms with Crippen LogP contribution in [0.3, 0.4) is 0 Å². The molecule has 1 aromatic heterocycles. The van der Waals surface area contributed by atoms with Crippen LogP contribution in [0, 0.1) is 0 Å². The number of hydrogen-bond acceptors (Lipinski definition) is 1. The van der Waals surface area contributed by atoms with Gasteiger partial charge in [-0.2, -0.15) is 0 Å². The lowest BCUT2D eigenvalue weighted by molar-refractivity contribution is 0.527. The predicted molar refractivity (Wildman–Crippen MR) is 63.7 cm³/mol. The highest BCUT2D eigenvalue weighted by atomic mass is 35.5. The Labute approximate surface area is 97.8 Å². The van der Waals surface area contributed by atoms with Crippen LogP contribution in [0.25, 0.3) is 10.9 Å². The Morgan fingerprint density at radius 1 is 1.27 bits per heavy atom. The Bertz CT molecular complexity index is 531. The molecule has 0 aliphatic carbocycles. The second-order valence-corrected chi connectivity index (χ2v) is 4.56. The van der Waals surface area contributed by atoms with Gasteiger partial charge in [0, 0.05) is 30.0 Å². The average molecular weight is 241 g/mol. The van der Waals surface area contributed by atoms with E-state index in [4.69, 9.17) is 23.2 Å². The number of nitrogens with one attached hydrogen (secondary N) is 1. The summed E-state index contributed by atoms with van der Waals surface area (Å²) >= 11 is 12.3. The molecule has 0 amide bonds. The van der Waals surface area contributed by atoms with Crippen LogP contribution in [0.4, 0.5) is 0 Å². The van der Waals surface area contributed by atoms with Gasteiger partial charge in [-0.05, 0) is 18.2 Å². The van der Waals surface area contributed by atoms with Crippen LogP contribution in [0.15, 0.2) is 18.2 Å². The fourth-order valence-electron chi connectivity index (χ4n) is 2.16. The van der Waals surface area contributed by atoms with Crippen molar-refractivity contribution < 1.29 is 0 Å². The molecule has 0 saturated carbocycles. The lowest BCUT2D eigenvalue weighted by Gasteiger charge is -2.17. The lowest BCUT2D eigenvalue weighted by Crippen LogP contribution is -2.27. The van der Waals surface area contributed by atoms with Gasteiger partial charge >= 0.3 is 0 Å². The number of halogens is 2. The summed E-state index contributed by atoms with van der Waals surface area (Å²) in [4.78, 5) is 0. The number of aromatic nitrogens is 1. The number of fused-ring (bicyclic) bond motifs is 3. The topological polar surface area (TPSA) is 17.0 Å². The number of nitrogens with zero attached hydrogens (tertiary/aromatic N) is 1. The third kappa shape index (κ3) is 1.36. The molecule has 1 aliphatic heterocycles. The molecule has 0 atom stereocenters. The Hall–Kier alpha value is -0.700. The quantitative estimate of drug-likeness (QED) is 0.750.